The molecule has 0 saturated carbocycles. The number of likely N-dealkylation sites (tertiary alicyclic amines) is 1. The van der Waals surface area contributed by atoms with Gasteiger partial charge in [0.15, 0.2) is 11.7 Å². The van der Waals surface area contributed by atoms with Gasteiger partial charge in [-0.25, -0.2) is 4.98 Å². The van der Waals surface area contributed by atoms with Gasteiger partial charge in [0.1, 0.15) is 0 Å². The van der Waals surface area contributed by atoms with Crippen LogP contribution in [0.5, 0.6) is 0 Å². The van der Waals surface area contributed by atoms with Gasteiger partial charge in [0.2, 0.25) is 0 Å². The van der Waals surface area contributed by atoms with Crippen LogP contribution in [0.1, 0.15) is 43.3 Å². The molecule has 10 heteroatoms. The Morgan fingerprint density at radius 3 is 2.71 bits per heavy atom. The number of guanidine groups is 1. The van der Waals surface area contributed by atoms with Gasteiger partial charge in [-0.3, -0.25) is 4.99 Å². The number of alkyl halides is 3. The summed E-state index contributed by atoms with van der Waals surface area (Å²) in [5, 5.41) is 7.92. The van der Waals surface area contributed by atoms with Crippen molar-refractivity contribution in [1.82, 2.24) is 20.5 Å². The van der Waals surface area contributed by atoms with Crippen LogP contribution >= 0.6 is 35.3 Å². The number of unbranched alkanes of at least 4 members (excludes halogenated alkanes) is 1. The quantitative estimate of drug-likeness (QED) is 0.230. The second-order valence-electron chi connectivity index (χ2n) is 7.06. The van der Waals surface area contributed by atoms with Crippen molar-refractivity contribution in [3.05, 3.63) is 16.1 Å². The molecule has 2 heterocycles. The molecule has 1 aromatic heterocycles. The van der Waals surface area contributed by atoms with Gasteiger partial charge in [0.25, 0.3) is 0 Å². The van der Waals surface area contributed by atoms with Crippen LogP contribution in [-0.2, 0) is 12.6 Å². The number of hydrogen-bond acceptors (Lipinski definition) is 4. The fourth-order valence-electron chi connectivity index (χ4n) is 3.22. The Balaban J connectivity index is 0.00000392. The van der Waals surface area contributed by atoms with Crippen LogP contribution in [0.2, 0.25) is 0 Å². The molecule has 1 atom stereocenters. The van der Waals surface area contributed by atoms with Gasteiger partial charge >= 0.3 is 6.18 Å². The Labute approximate surface area is 186 Å². The first kappa shape index (κ1) is 25.4. The van der Waals surface area contributed by atoms with E-state index in [2.05, 4.69) is 32.4 Å². The number of halogens is 4. The van der Waals surface area contributed by atoms with Gasteiger partial charge < -0.3 is 15.5 Å². The monoisotopic (exact) mass is 533 g/mol. The molecule has 162 valence electrons. The molecule has 0 aromatic carbocycles. The Morgan fingerprint density at radius 2 is 2.07 bits per heavy atom. The summed E-state index contributed by atoms with van der Waals surface area (Å²) in [6.45, 7) is 7.22. The van der Waals surface area contributed by atoms with Crippen molar-refractivity contribution < 1.29 is 13.2 Å². The van der Waals surface area contributed by atoms with Gasteiger partial charge in [-0.15, -0.1) is 35.3 Å². The molecule has 1 aliphatic rings. The van der Waals surface area contributed by atoms with Crippen LogP contribution in [-0.4, -0.2) is 55.6 Å². The molecular formula is C18H31F3IN5S. The van der Waals surface area contributed by atoms with Crippen molar-refractivity contribution in [2.75, 3.05) is 39.8 Å². The molecule has 0 amide bonds. The standard InChI is InChI=1S/C18H30F3N5S.HI/c1-14-6-5-11-26(12-14)10-4-3-8-23-17(22-2)24-9-7-16-25-15(13-27-16)18(19,20)21;/h13-14H,3-12H2,1-2H3,(H2,22,23,24);1H. The number of rotatable bonds is 8. The number of nitrogens with zero attached hydrogens (tertiary/aromatic N) is 3. The van der Waals surface area contributed by atoms with Crippen LogP contribution < -0.4 is 10.6 Å². The summed E-state index contributed by atoms with van der Waals surface area (Å²) in [5.41, 5.74) is -0.812. The highest BCUT2D eigenvalue weighted by atomic mass is 127. The molecule has 0 radical (unpaired) electrons. The summed E-state index contributed by atoms with van der Waals surface area (Å²) in [7, 11) is 1.69. The summed E-state index contributed by atoms with van der Waals surface area (Å²) in [6, 6.07) is 0. The molecule has 2 N–H and O–H groups in total. The zero-order valence-corrected chi connectivity index (χ0v) is 19.7. The molecule has 1 aliphatic heterocycles. The highest BCUT2D eigenvalue weighted by Gasteiger charge is 2.33. The lowest BCUT2D eigenvalue weighted by atomic mass is 10.0. The van der Waals surface area contributed by atoms with E-state index >= 15 is 0 Å². The average Bonchev–Trinajstić information content (AvgIpc) is 3.09. The maximum absolute atomic E-state index is 12.5. The minimum absolute atomic E-state index is 0. The van der Waals surface area contributed by atoms with E-state index in [1.165, 1.54) is 25.9 Å². The minimum atomic E-state index is -4.37. The van der Waals surface area contributed by atoms with Gasteiger partial charge in [-0.05, 0) is 44.7 Å². The molecule has 0 aliphatic carbocycles. The van der Waals surface area contributed by atoms with Crippen molar-refractivity contribution in [1.29, 1.82) is 0 Å². The lowest BCUT2D eigenvalue weighted by Gasteiger charge is -2.30. The van der Waals surface area contributed by atoms with Gasteiger partial charge in [-0.2, -0.15) is 13.2 Å². The van der Waals surface area contributed by atoms with Gasteiger partial charge in [-0.1, -0.05) is 6.92 Å². The fourth-order valence-corrected chi connectivity index (χ4v) is 4.03. The van der Waals surface area contributed by atoms with Crippen molar-refractivity contribution >= 4 is 41.3 Å². The van der Waals surface area contributed by atoms with Crippen LogP contribution in [0.25, 0.3) is 0 Å². The number of nitrogens with one attached hydrogen (secondary N) is 2. The first-order chi connectivity index (χ1) is 12.9. The van der Waals surface area contributed by atoms with E-state index in [1.807, 2.05) is 0 Å². The van der Waals surface area contributed by atoms with Crippen molar-refractivity contribution in [3.63, 3.8) is 0 Å². The summed E-state index contributed by atoms with van der Waals surface area (Å²) in [4.78, 5) is 10.3. The average molecular weight is 533 g/mol. The third-order valence-corrected chi connectivity index (χ3v) is 5.54. The molecule has 5 nitrogen and oxygen atoms in total. The second kappa shape index (κ2) is 12.8. The SMILES string of the molecule is CN=C(NCCCCN1CCCC(C)C1)NCCc1nc(C(F)(F)F)cs1.I. The largest absolute Gasteiger partial charge is 0.434 e. The fraction of sp³-hybridized carbons (Fsp3) is 0.778. The summed E-state index contributed by atoms with van der Waals surface area (Å²) < 4.78 is 37.6. The van der Waals surface area contributed by atoms with Crippen molar-refractivity contribution in [2.45, 2.75) is 45.2 Å². The molecule has 1 fully saturated rings. The summed E-state index contributed by atoms with van der Waals surface area (Å²) in [6.07, 6.45) is 0.932. The summed E-state index contributed by atoms with van der Waals surface area (Å²) in [5.74, 6) is 1.49. The third-order valence-electron chi connectivity index (χ3n) is 4.63. The van der Waals surface area contributed by atoms with E-state index in [9.17, 15) is 13.2 Å². The third kappa shape index (κ3) is 9.25. The van der Waals surface area contributed by atoms with Crippen LogP contribution in [0.15, 0.2) is 10.4 Å². The Hall–Kier alpha value is -0.620. The topological polar surface area (TPSA) is 52.6 Å². The number of thiazole rings is 1. The first-order valence-corrected chi connectivity index (χ1v) is 10.4. The molecule has 2 rings (SSSR count). The van der Waals surface area contributed by atoms with E-state index in [-0.39, 0.29) is 24.0 Å². The van der Waals surface area contributed by atoms with Crippen LogP contribution in [0.3, 0.4) is 0 Å². The second-order valence-corrected chi connectivity index (χ2v) is 8.00. The van der Waals surface area contributed by atoms with E-state index in [0.29, 0.717) is 23.9 Å². The van der Waals surface area contributed by atoms with E-state index in [4.69, 9.17) is 0 Å². The maximum Gasteiger partial charge on any atom is 0.434 e. The maximum atomic E-state index is 12.5. The summed E-state index contributed by atoms with van der Waals surface area (Å²) >= 11 is 1.04. The van der Waals surface area contributed by atoms with Crippen LogP contribution in [0, 0.1) is 5.92 Å². The number of aliphatic imine (C=N–C) groups is 1. The molecule has 1 aromatic rings. The lowest BCUT2D eigenvalue weighted by Crippen LogP contribution is -2.39. The number of piperidine rings is 1. The first-order valence-electron chi connectivity index (χ1n) is 9.57. The smallest absolute Gasteiger partial charge is 0.356 e. The predicted molar refractivity (Wildman–Crippen MR) is 120 cm³/mol. The molecule has 1 saturated heterocycles. The molecule has 0 spiro atoms. The zero-order valence-electron chi connectivity index (χ0n) is 16.5. The van der Waals surface area contributed by atoms with Crippen LogP contribution in [0.4, 0.5) is 13.2 Å². The highest BCUT2D eigenvalue weighted by molar-refractivity contribution is 14.0. The zero-order chi connectivity index (χ0) is 19.7. The van der Waals surface area contributed by atoms with Crippen molar-refractivity contribution in [2.24, 2.45) is 10.9 Å². The Morgan fingerprint density at radius 1 is 1.32 bits per heavy atom. The number of hydrogen-bond donors (Lipinski definition) is 2. The predicted octanol–water partition coefficient (Wildman–Crippen LogP) is 4.00. The Kier molecular flexibility index (Phi) is 11.7. The Bertz CT molecular complexity index is 594. The van der Waals surface area contributed by atoms with E-state index in [1.54, 1.807) is 7.05 Å². The lowest BCUT2D eigenvalue weighted by molar-refractivity contribution is -0.140. The molecular weight excluding hydrogens is 502 g/mol. The van der Waals surface area contributed by atoms with E-state index in [0.717, 1.165) is 48.6 Å². The van der Waals surface area contributed by atoms with Gasteiger partial charge in [0.05, 0.1) is 5.01 Å². The van der Waals surface area contributed by atoms with E-state index < -0.39 is 11.9 Å². The normalized spacial score (nSPS) is 18.6. The van der Waals surface area contributed by atoms with Crippen molar-refractivity contribution in [3.8, 4) is 0 Å². The highest BCUT2D eigenvalue weighted by Crippen LogP contribution is 2.30. The molecule has 1 unspecified atom stereocenters. The van der Waals surface area contributed by atoms with Gasteiger partial charge in [0, 0.05) is 38.5 Å². The number of aromatic nitrogens is 1. The minimum Gasteiger partial charge on any atom is -0.356 e. The molecule has 0 bridgehead atoms. The molecule has 28 heavy (non-hydrogen) atoms.